The van der Waals surface area contributed by atoms with E-state index in [4.69, 9.17) is 9.84 Å². The molecule has 0 saturated carbocycles. The van der Waals surface area contributed by atoms with Gasteiger partial charge in [0.1, 0.15) is 18.5 Å². The molecule has 1 unspecified atom stereocenters. The van der Waals surface area contributed by atoms with Crippen LogP contribution in [0.25, 0.3) is 0 Å². The Hall–Kier alpha value is -1.55. The molecule has 1 rings (SSSR count). The second kappa shape index (κ2) is 6.12. The van der Waals surface area contributed by atoms with Crippen LogP contribution in [0.3, 0.4) is 0 Å². The van der Waals surface area contributed by atoms with E-state index in [0.29, 0.717) is 13.2 Å². The van der Waals surface area contributed by atoms with E-state index >= 15 is 0 Å². The first kappa shape index (κ1) is 12.5. The summed E-state index contributed by atoms with van der Waals surface area (Å²) in [6.07, 6.45) is -0.974. The highest BCUT2D eigenvalue weighted by Crippen LogP contribution is 2.15. The molecule has 0 aromatic heterocycles. The number of carbonyl (C=O) groups is 1. The number of benzene rings is 1. The third-order valence-corrected chi connectivity index (χ3v) is 2.13. The van der Waals surface area contributed by atoms with Crippen LogP contribution in [-0.2, 0) is 4.79 Å². The second-order valence-corrected chi connectivity index (χ2v) is 3.58. The Morgan fingerprint density at radius 3 is 2.81 bits per heavy atom. The number of aryl methyl sites for hydroxylation is 1. The molecule has 0 radical (unpaired) electrons. The van der Waals surface area contributed by atoms with Gasteiger partial charge < -0.3 is 15.2 Å². The van der Waals surface area contributed by atoms with Crippen molar-refractivity contribution in [3.63, 3.8) is 0 Å². The van der Waals surface area contributed by atoms with E-state index in [-0.39, 0.29) is 5.91 Å². The Bertz CT molecular complexity index is 350. The summed E-state index contributed by atoms with van der Waals surface area (Å²) < 4.78 is 5.47. The number of ether oxygens (including phenoxy) is 1. The molecule has 2 N–H and O–H groups in total. The maximum absolute atomic E-state index is 11.0. The van der Waals surface area contributed by atoms with Gasteiger partial charge in [0.25, 0.3) is 0 Å². The number of amides is 1. The summed E-state index contributed by atoms with van der Waals surface area (Å²) in [6, 6.07) is 7.68. The number of para-hydroxylation sites is 1. The molecule has 0 heterocycles. The molecule has 0 aliphatic heterocycles. The fourth-order valence-electron chi connectivity index (χ4n) is 1.20. The van der Waals surface area contributed by atoms with Crippen LogP contribution < -0.4 is 10.1 Å². The van der Waals surface area contributed by atoms with Crippen LogP contribution in [0.15, 0.2) is 24.3 Å². The summed E-state index contributed by atoms with van der Waals surface area (Å²) in [7, 11) is 0. The van der Waals surface area contributed by atoms with Gasteiger partial charge in [-0.05, 0) is 25.5 Å². The largest absolute Gasteiger partial charge is 0.491 e. The van der Waals surface area contributed by atoms with Gasteiger partial charge in [0.15, 0.2) is 0 Å². The van der Waals surface area contributed by atoms with Gasteiger partial charge in [-0.15, -0.1) is 0 Å². The van der Waals surface area contributed by atoms with Crippen molar-refractivity contribution >= 4 is 5.91 Å². The second-order valence-electron chi connectivity index (χ2n) is 3.58. The first-order valence-electron chi connectivity index (χ1n) is 5.25. The van der Waals surface area contributed by atoms with Crippen molar-refractivity contribution in [3.8, 4) is 5.75 Å². The molecule has 0 spiro atoms. The van der Waals surface area contributed by atoms with Crippen LogP contribution in [0.5, 0.6) is 5.75 Å². The molecular formula is C12H17NO3. The van der Waals surface area contributed by atoms with Crippen LogP contribution in [-0.4, -0.2) is 30.3 Å². The van der Waals surface area contributed by atoms with Gasteiger partial charge in [-0.3, -0.25) is 4.79 Å². The molecule has 1 aromatic carbocycles. The predicted molar refractivity (Wildman–Crippen MR) is 61.4 cm³/mol. The Morgan fingerprint density at radius 2 is 2.19 bits per heavy atom. The van der Waals surface area contributed by atoms with Crippen LogP contribution >= 0.6 is 0 Å². The molecule has 0 fully saturated rings. The fraction of sp³-hybridized carbons (Fsp3) is 0.417. The third-order valence-electron chi connectivity index (χ3n) is 2.13. The SMILES string of the molecule is Cc1ccccc1OCCNC(=O)C(C)O. The smallest absolute Gasteiger partial charge is 0.248 e. The summed E-state index contributed by atoms with van der Waals surface area (Å²) in [5.74, 6) is 0.433. The molecule has 1 atom stereocenters. The summed E-state index contributed by atoms with van der Waals surface area (Å²) in [5.41, 5.74) is 1.06. The van der Waals surface area contributed by atoms with Gasteiger partial charge in [-0.2, -0.15) is 0 Å². The highest BCUT2D eigenvalue weighted by molar-refractivity contribution is 5.79. The van der Waals surface area contributed by atoms with E-state index < -0.39 is 6.10 Å². The van der Waals surface area contributed by atoms with Crippen LogP contribution in [0.4, 0.5) is 0 Å². The minimum absolute atomic E-state index is 0.381. The third kappa shape index (κ3) is 3.90. The first-order chi connectivity index (χ1) is 7.61. The van der Waals surface area contributed by atoms with Gasteiger partial charge in [0, 0.05) is 0 Å². The van der Waals surface area contributed by atoms with Crippen molar-refractivity contribution in [1.82, 2.24) is 5.32 Å². The molecule has 0 aliphatic rings. The number of hydrogen-bond acceptors (Lipinski definition) is 3. The molecule has 0 bridgehead atoms. The predicted octanol–water partition coefficient (Wildman–Crippen LogP) is 0.871. The van der Waals surface area contributed by atoms with E-state index in [1.807, 2.05) is 31.2 Å². The summed E-state index contributed by atoms with van der Waals surface area (Å²) in [5, 5.41) is 11.5. The Morgan fingerprint density at radius 1 is 1.50 bits per heavy atom. The highest BCUT2D eigenvalue weighted by atomic mass is 16.5. The number of carbonyl (C=O) groups excluding carboxylic acids is 1. The lowest BCUT2D eigenvalue weighted by Gasteiger charge is -2.10. The van der Waals surface area contributed by atoms with Crippen LogP contribution in [0.1, 0.15) is 12.5 Å². The van der Waals surface area contributed by atoms with E-state index in [1.54, 1.807) is 0 Å². The van der Waals surface area contributed by atoms with Gasteiger partial charge in [0.2, 0.25) is 5.91 Å². The van der Waals surface area contributed by atoms with Crippen LogP contribution in [0, 0.1) is 6.92 Å². The summed E-state index contributed by atoms with van der Waals surface area (Å²) in [6.45, 7) is 4.17. The number of aliphatic hydroxyl groups is 1. The van der Waals surface area contributed by atoms with Crippen LogP contribution in [0.2, 0.25) is 0 Å². The van der Waals surface area contributed by atoms with E-state index in [2.05, 4.69) is 5.32 Å². The number of nitrogens with one attached hydrogen (secondary N) is 1. The molecule has 0 saturated heterocycles. The Balaban J connectivity index is 2.26. The lowest BCUT2D eigenvalue weighted by Crippen LogP contribution is -2.35. The molecule has 16 heavy (non-hydrogen) atoms. The van der Waals surface area contributed by atoms with Crippen molar-refractivity contribution in [3.05, 3.63) is 29.8 Å². The minimum atomic E-state index is -0.974. The number of aliphatic hydroxyl groups excluding tert-OH is 1. The van der Waals surface area contributed by atoms with Gasteiger partial charge in [0.05, 0.1) is 6.54 Å². The van der Waals surface area contributed by atoms with Gasteiger partial charge in [-0.25, -0.2) is 0 Å². The lowest BCUT2D eigenvalue weighted by molar-refractivity contribution is -0.128. The molecule has 1 aromatic rings. The van der Waals surface area contributed by atoms with Crippen molar-refractivity contribution in [2.45, 2.75) is 20.0 Å². The molecular weight excluding hydrogens is 206 g/mol. The van der Waals surface area contributed by atoms with Crippen molar-refractivity contribution in [2.75, 3.05) is 13.2 Å². The fourth-order valence-corrected chi connectivity index (χ4v) is 1.20. The molecule has 1 amide bonds. The van der Waals surface area contributed by atoms with Gasteiger partial charge >= 0.3 is 0 Å². The van der Waals surface area contributed by atoms with Crippen molar-refractivity contribution in [1.29, 1.82) is 0 Å². The lowest BCUT2D eigenvalue weighted by atomic mass is 10.2. The zero-order valence-electron chi connectivity index (χ0n) is 9.56. The highest BCUT2D eigenvalue weighted by Gasteiger charge is 2.06. The maximum Gasteiger partial charge on any atom is 0.248 e. The molecule has 0 aliphatic carbocycles. The average molecular weight is 223 g/mol. The summed E-state index contributed by atoms with van der Waals surface area (Å²) >= 11 is 0. The maximum atomic E-state index is 11.0. The van der Waals surface area contributed by atoms with E-state index in [9.17, 15) is 4.79 Å². The average Bonchev–Trinajstić information content (AvgIpc) is 2.26. The topological polar surface area (TPSA) is 58.6 Å². The number of hydrogen-bond donors (Lipinski definition) is 2. The zero-order chi connectivity index (χ0) is 12.0. The van der Waals surface area contributed by atoms with Gasteiger partial charge in [-0.1, -0.05) is 18.2 Å². The van der Waals surface area contributed by atoms with Crippen molar-refractivity contribution in [2.24, 2.45) is 0 Å². The number of rotatable bonds is 5. The summed E-state index contributed by atoms with van der Waals surface area (Å²) in [4.78, 5) is 11.0. The van der Waals surface area contributed by atoms with Crippen molar-refractivity contribution < 1.29 is 14.6 Å². The Labute approximate surface area is 95.2 Å². The standard InChI is InChI=1S/C12H17NO3/c1-9-5-3-4-6-11(9)16-8-7-13-12(15)10(2)14/h3-6,10,14H,7-8H2,1-2H3,(H,13,15). The molecule has 4 heteroatoms. The first-order valence-corrected chi connectivity index (χ1v) is 5.25. The quantitative estimate of drug-likeness (QED) is 0.728. The minimum Gasteiger partial charge on any atom is -0.491 e. The Kier molecular flexibility index (Phi) is 4.79. The monoisotopic (exact) mass is 223 g/mol. The molecule has 88 valence electrons. The normalized spacial score (nSPS) is 11.9. The van der Waals surface area contributed by atoms with E-state index in [0.717, 1.165) is 11.3 Å². The van der Waals surface area contributed by atoms with E-state index in [1.165, 1.54) is 6.92 Å². The zero-order valence-corrected chi connectivity index (χ0v) is 9.56. The molecule has 4 nitrogen and oxygen atoms in total.